The van der Waals surface area contributed by atoms with Crippen molar-refractivity contribution in [3.8, 4) is 11.8 Å². The van der Waals surface area contributed by atoms with Crippen molar-refractivity contribution < 1.29 is 18.7 Å². The van der Waals surface area contributed by atoms with Crippen LogP contribution in [0.4, 0.5) is 0 Å². The highest BCUT2D eigenvalue weighted by atomic mass is 16.5. The average molecular weight is 459 g/mol. The molecule has 7 heteroatoms. The molecular weight excluding hydrogens is 432 g/mol. The molecule has 1 unspecified atom stereocenters. The van der Waals surface area contributed by atoms with E-state index in [-0.39, 0.29) is 28.5 Å². The molecule has 0 aliphatic carbocycles. The summed E-state index contributed by atoms with van der Waals surface area (Å²) in [5.74, 6) is -0.863. The third-order valence-electron chi connectivity index (χ3n) is 5.41. The number of nitriles is 1. The molecule has 3 aromatic rings. The van der Waals surface area contributed by atoms with Crippen molar-refractivity contribution in [3.63, 3.8) is 0 Å². The van der Waals surface area contributed by atoms with Crippen LogP contribution in [0.25, 0.3) is 17.0 Å². The van der Waals surface area contributed by atoms with Gasteiger partial charge in [-0.25, -0.2) is 9.59 Å². The van der Waals surface area contributed by atoms with Gasteiger partial charge in [-0.05, 0) is 54.7 Å². The SMILES string of the molecule is CCC(C)NC(=O)c1cc2ccc(OC(=O)/C(C#N)=C/c3ccc(C(C)C)cc3)cc2oc1=O. The molecule has 1 atom stereocenters. The van der Waals surface area contributed by atoms with Gasteiger partial charge in [0.2, 0.25) is 0 Å². The van der Waals surface area contributed by atoms with Gasteiger partial charge in [0.15, 0.2) is 0 Å². The van der Waals surface area contributed by atoms with Crippen molar-refractivity contribution in [3.05, 3.63) is 81.2 Å². The zero-order valence-electron chi connectivity index (χ0n) is 19.5. The smallest absolute Gasteiger partial charge is 0.354 e. The molecule has 0 fully saturated rings. The van der Waals surface area contributed by atoms with Gasteiger partial charge in [0.1, 0.15) is 28.5 Å². The number of carbonyl (C=O) groups excluding carboxylic acids is 2. The first-order chi connectivity index (χ1) is 16.2. The second-order valence-corrected chi connectivity index (χ2v) is 8.31. The second kappa shape index (κ2) is 10.6. The maximum atomic E-state index is 12.5. The summed E-state index contributed by atoms with van der Waals surface area (Å²) in [6.07, 6.45) is 2.18. The van der Waals surface area contributed by atoms with Gasteiger partial charge in [0, 0.05) is 17.5 Å². The Morgan fingerprint density at radius 3 is 2.44 bits per heavy atom. The zero-order valence-corrected chi connectivity index (χ0v) is 19.5. The highest BCUT2D eigenvalue weighted by Crippen LogP contribution is 2.22. The summed E-state index contributed by atoms with van der Waals surface area (Å²) in [4.78, 5) is 37.2. The van der Waals surface area contributed by atoms with Crippen LogP contribution in [0.2, 0.25) is 0 Å². The number of hydrogen-bond donors (Lipinski definition) is 1. The minimum Gasteiger partial charge on any atom is -0.422 e. The first-order valence-electron chi connectivity index (χ1n) is 11.0. The third-order valence-corrected chi connectivity index (χ3v) is 5.41. The lowest BCUT2D eigenvalue weighted by Crippen LogP contribution is -2.34. The largest absolute Gasteiger partial charge is 0.422 e. The zero-order chi connectivity index (χ0) is 24.8. The molecular formula is C27H26N2O5. The maximum absolute atomic E-state index is 12.5. The summed E-state index contributed by atoms with van der Waals surface area (Å²) >= 11 is 0. The predicted molar refractivity (Wildman–Crippen MR) is 129 cm³/mol. The van der Waals surface area contributed by atoms with E-state index in [9.17, 15) is 19.6 Å². The van der Waals surface area contributed by atoms with E-state index < -0.39 is 17.5 Å². The monoisotopic (exact) mass is 458 g/mol. The Morgan fingerprint density at radius 1 is 1.12 bits per heavy atom. The summed E-state index contributed by atoms with van der Waals surface area (Å²) < 4.78 is 10.6. The molecule has 0 spiro atoms. The van der Waals surface area contributed by atoms with Gasteiger partial charge < -0.3 is 14.5 Å². The number of amides is 1. The lowest BCUT2D eigenvalue weighted by atomic mass is 10.0. The van der Waals surface area contributed by atoms with Crippen molar-refractivity contribution >= 4 is 28.9 Å². The second-order valence-electron chi connectivity index (χ2n) is 8.31. The highest BCUT2D eigenvalue weighted by Gasteiger charge is 2.17. The van der Waals surface area contributed by atoms with E-state index in [0.29, 0.717) is 16.9 Å². The van der Waals surface area contributed by atoms with Crippen LogP contribution in [-0.4, -0.2) is 17.9 Å². The lowest BCUT2D eigenvalue weighted by molar-refractivity contribution is -0.129. The Labute approximate surface area is 197 Å². The van der Waals surface area contributed by atoms with Gasteiger partial charge in [-0.1, -0.05) is 45.0 Å². The van der Waals surface area contributed by atoms with Crippen LogP contribution in [-0.2, 0) is 4.79 Å². The van der Waals surface area contributed by atoms with Gasteiger partial charge in [0.25, 0.3) is 5.91 Å². The van der Waals surface area contributed by atoms with Gasteiger partial charge in [0.05, 0.1) is 0 Å². The quantitative estimate of drug-likeness (QED) is 0.176. The molecule has 7 nitrogen and oxygen atoms in total. The summed E-state index contributed by atoms with van der Waals surface area (Å²) in [6, 6.07) is 15.2. The molecule has 0 saturated carbocycles. The van der Waals surface area contributed by atoms with Crippen LogP contribution >= 0.6 is 0 Å². The van der Waals surface area contributed by atoms with Crippen molar-refractivity contribution in [1.82, 2.24) is 5.32 Å². The van der Waals surface area contributed by atoms with Crippen LogP contribution in [0.15, 0.2) is 63.3 Å². The van der Waals surface area contributed by atoms with Crippen molar-refractivity contribution in [2.75, 3.05) is 0 Å². The molecule has 1 N–H and O–H groups in total. The Balaban J connectivity index is 1.81. The van der Waals surface area contributed by atoms with Crippen LogP contribution in [0.1, 0.15) is 61.5 Å². The number of ether oxygens (including phenoxy) is 1. The molecule has 1 heterocycles. The number of esters is 1. The molecule has 0 bridgehead atoms. The number of nitrogens with zero attached hydrogens (tertiary/aromatic N) is 1. The van der Waals surface area contributed by atoms with Gasteiger partial charge in [-0.2, -0.15) is 5.26 Å². The maximum Gasteiger partial charge on any atom is 0.354 e. The van der Waals surface area contributed by atoms with E-state index in [2.05, 4.69) is 19.2 Å². The molecule has 2 aromatic carbocycles. The normalized spacial score (nSPS) is 12.3. The van der Waals surface area contributed by atoms with E-state index in [1.54, 1.807) is 6.07 Å². The predicted octanol–water partition coefficient (Wildman–Crippen LogP) is 4.96. The van der Waals surface area contributed by atoms with Crippen LogP contribution < -0.4 is 15.7 Å². The minimum absolute atomic E-state index is 0.0834. The minimum atomic E-state index is -0.832. The van der Waals surface area contributed by atoms with E-state index in [0.717, 1.165) is 12.0 Å². The standard InChI is InChI=1S/C27H26N2O5/c1-5-17(4)29-25(30)23-13-20-10-11-22(14-24(20)34-27(23)32)33-26(31)21(15-28)12-18-6-8-19(9-7-18)16(2)3/h6-14,16-17H,5H2,1-4H3,(H,29,30)/b21-12+. The number of benzene rings is 2. The van der Waals surface area contributed by atoms with Gasteiger partial charge in [-0.3, -0.25) is 4.79 Å². The third kappa shape index (κ3) is 5.78. The number of carbonyl (C=O) groups is 2. The Morgan fingerprint density at radius 2 is 1.82 bits per heavy atom. The Hall–Kier alpha value is -4.18. The van der Waals surface area contributed by atoms with E-state index >= 15 is 0 Å². The van der Waals surface area contributed by atoms with E-state index in [1.807, 2.05) is 44.2 Å². The first kappa shape index (κ1) is 24.5. The summed E-state index contributed by atoms with van der Waals surface area (Å²) in [5, 5.41) is 12.7. The highest BCUT2D eigenvalue weighted by molar-refractivity contribution is 6.00. The molecule has 174 valence electrons. The van der Waals surface area contributed by atoms with E-state index in [1.165, 1.54) is 24.3 Å². The fourth-order valence-electron chi connectivity index (χ4n) is 3.16. The van der Waals surface area contributed by atoms with Crippen LogP contribution in [0, 0.1) is 11.3 Å². The molecule has 1 aromatic heterocycles. The fourth-order valence-corrected chi connectivity index (χ4v) is 3.16. The molecule has 0 aliphatic heterocycles. The van der Waals surface area contributed by atoms with Crippen molar-refractivity contribution in [2.24, 2.45) is 0 Å². The summed E-state index contributed by atoms with van der Waals surface area (Å²) in [7, 11) is 0. The molecule has 0 saturated heterocycles. The summed E-state index contributed by atoms with van der Waals surface area (Å²) in [5.41, 5.74) is 0.940. The van der Waals surface area contributed by atoms with E-state index in [4.69, 9.17) is 9.15 Å². The summed E-state index contributed by atoms with van der Waals surface area (Å²) in [6.45, 7) is 7.92. The number of hydrogen-bond acceptors (Lipinski definition) is 6. The first-order valence-corrected chi connectivity index (χ1v) is 11.0. The Kier molecular flexibility index (Phi) is 7.64. The molecule has 34 heavy (non-hydrogen) atoms. The van der Waals surface area contributed by atoms with Gasteiger partial charge in [-0.15, -0.1) is 0 Å². The van der Waals surface area contributed by atoms with Crippen molar-refractivity contribution in [1.29, 1.82) is 5.26 Å². The molecule has 3 rings (SSSR count). The molecule has 0 radical (unpaired) electrons. The fraction of sp³-hybridized carbons (Fsp3) is 0.259. The van der Waals surface area contributed by atoms with Crippen LogP contribution in [0.3, 0.4) is 0 Å². The average Bonchev–Trinajstić information content (AvgIpc) is 2.81. The number of nitrogens with one attached hydrogen (secondary N) is 1. The topological polar surface area (TPSA) is 109 Å². The molecule has 0 aliphatic rings. The molecule has 1 amide bonds. The number of fused-ring (bicyclic) bond motifs is 1. The van der Waals surface area contributed by atoms with Crippen LogP contribution in [0.5, 0.6) is 5.75 Å². The Bertz CT molecular complexity index is 1340. The van der Waals surface area contributed by atoms with Gasteiger partial charge >= 0.3 is 11.6 Å². The number of rotatable bonds is 7. The lowest BCUT2D eigenvalue weighted by Gasteiger charge is -2.11. The van der Waals surface area contributed by atoms with Crippen molar-refractivity contribution in [2.45, 2.75) is 46.1 Å².